The Morgan fingerprint density at radius 1 is 1.20 bits per heavy atom. The molecule has 1 rings (SSSR count). The molecule has 0 fully saturated rings. The van der Waals surface area contributed by atoms with Crippen molar-refractivity contribution in [2.75, 3.05) is 6.54 Å². The highest BCUT2D eigenvalue weighted by molar-refractivity contribution is 7.11. The van der Waals surface area contributed by atoms with E-state index in [1.807, 2.05) is 11.3 Å². The minimum absolute atomic E-state index is 0.530. The summed E-state index contributed by atoms with van der Waals surface area (Å²) in [5, 5.41) is 4.65. The average molecular weight is 226 g/mol. The maximum Gasteiger partial charge on any atom is 0.0957 e. The van der Waals surface area contributed by atoms with E-state index in [1.165, 1.54) is 15.6 Å². The van der Waals surface area contributed by atoms with Crippen LogP contribution in [0.15, 0.2) is 0 Å². The van der Waals surface area contributed by atoms with Crippen molar-refractivity contribution >= 4 is 11.3 Å². The quantitative estimate of drug-likeness (QED) is 0.831. The predicted octanol–water partition coefficient (Wildman–Crippen LogP) is 3.50. The number of nitrogens with one attached hydrogen (secondary N) is 1. The first-order chi connectivity index (χ1) is 7.06. The van der Waals surface area contributed by atoms with E-state index in [9.17, 15) is 0 Å². The van der Waals surface area contributed by atoms with Crippen LogP contribution in [0.5, 0.6) is 0 Å². The monoisotopic (exact) mass is 226 g/mol. The Morgan fingerprint density at radius 2 is 1.87 bits per heavy atom. The van der Waals surface area contributed by atoms with Crippen LogP contribution in [0.25, 0.3) is 0 Å². The van der Waals surface area contributed by atoms with E-state index in [1.54, 1.807) is 0 Å². The Morgan fingerprint density at radius 3 is 2.33 bits per heavy atom. The van der Waals surface area contributed by atoms with Gasteiger partial charge >= 0.3 is 0 Å². The summed E-state index contributed by atoms with van der Waals surface area (Å²) in [5.41, 5.74) is 1.28. The molecule has 0 saturated heterocycles. The van der Waals surface area contributed by atoms with Crippen molar-refractivity contribution in [3.63, 3.8) is 0 Å². The number of thiazole rings is 1. The molecule has 0 aliphatic rings. The van der Waals surface area contributed by atoms with Crippen molar-refractivity contribution in [1.82, 2.24) is 10.3 Å². The second-order valence-corrected chi connectivity index (χ2v) is 5.57. The molecule has 0 spiro atoms. The summed E-state index contributed by atoms with van der Waals surface area (Å²) >= 11 is 1.86. The molecule has 15 heavy (non-hydrogen) atoms. The zero-order valence-corrected chi connectivity index (χ0v) is 11.2. The maximum absolute atomic E-state index is 4.74. The summed E-state index contributed by atoms with van der Waals surface area (Å²) in [6.07, 6.45) is 0. The molecule has 0 atom stereocenters. The van der Waals surface area contributed by atoms with Gasteiger partial charge in [0.1, 0.15) is 0 Å². The fraction of sp³-hybridized carbons (Fsp3) is 0.750. The lowest BCUT2D eigenvalue weighted by Gasteiger charge is -2.04. The summed E-state index contributed by atoms with van der Waals surface area (Å²) in [4.78, 5) is 6.15. The van der Waals surface area contributed by atoms with Gasteiger partial charge in [-0.1, -0.05) is 34.6 Å². The van der Waals surface area contributed by atoms with E-state index in [-0.39, 0.29) is 0 Å². The summed E-state index contributed by atoms with van der Waals surface area (Å²) in [6.45, 7) is 13.0. The Kier molecular flexibility index (Phi) is 4.74. The molecule has 0 radical (unpaired) electrons. The molecule has 0 bridgehead atoms. The molecule has 86 valence electrons. The Bertz CT molecular complexity index is 303. The maximum atomic E-state index is 4.74. The topological polar surface area (TPSA) is 24.9 Å². The first-order valence-corrected chi connectivity index (χ1v) is 6.58. The van der Waals surface area contributed by atoms with Crippen LogP contribution in [0.4, 0.5) is 0 Å². The molecule has 1 aromatic rings. The van der Waals surface area contributed by atoms with E-state index < -0.39 is 0 Å². The first-order valence-electron chi connectivity index (χ1n) is 5.76. The summed E-state index contributed by atoms with van der Waals surface area (Å²) in [5.74, 6) is 1.07. The third-order valence-electron chi connectivity index (χ3n) is 2.32. The lowest BCUT2D eigenvalue weighted by Crippen LogP contribution is -2.12. The summed E-state index contributed by atoms with van der Waals surface area (Å²) in [6, 6.07) is 0. The number of hydrogen-bond donors (Lipinski definition) is 1. The van der Waals surface area contributed by atoms with Gasteiger partial charge < -0.3 is 5.32 Å². The number of nitrogens with zero attached hydrogens (tertiary/aromatic N) is 1. The van der Waals surface area contributed by atoms with E-state index in [0.29, 0.717) is 11.8 Å². The lowest BCUT2D eigenvalue weighted by atomic mass is 10.1. The van der Waals surface area contributed by atoms with Gasteiger partial charge in [0.05, 0.1) is 10.7 Å². The van der Waals surface area contributed by atoms with Gasteiger partial charge in [0, 0.05) is 17.3 Å². The third-order valence-corrected chi connectivity index (χ3v) is 3.69. The highest BCUT2D eigenvalue weighted by Crippen LogP contribution is 2.29. The zero-order chi connectivity index (χ0) is 11.4. The van der Waals surface area contributed by atoms with Crippen LogP contribution in [0.3, 0.4) is 0 Å². The molecule has 0 amide bonds. The smallest absolute Gasteiger partial charge is 0.0957 e. The Balaban J connectivity index is 2.90. The molecule has 0 aliphatic heterocycles. The molecule has 1 N–H and O–H groups in total. The van der Waals surface area contributed by atoms with Crippen molar-refractivity contribution in [2.24, 2.45) is 0 Å². The van der Waals surface area contributed by atoms with Crippen molar-refractivity contribution < 1.29 is 0 Å². The second kappa shape index (κ2) is 5.61. The normalized spacial score (nSPS) is 11.7. The van der Waals surface area contributed by atoms with Gasteiger partial charge in [-0.15, -0.1) is 11.3 Å². The van der Waals surface area contributed by atoms with Crippen molar-refractivity contribution in [3.05, 3.63) is 15.6 Å². The van der Waals surface area contributed by atoms with Crippen LogP contribution >= 0.6 is 11.3 Å². The van der Waals surface area contributed by atoms with Gasteiger partial charge in [0.15, 0.2) is 0 Å². The number of rotatable bonds is 5. The minimum Gasteiger partial charge on any atom is -0.312 e. The van der Waals surface area contributed by atoms with E-state index in [2.05, 4.69) is 39.9 Å². The zero-order valence-electron chi connectivity index (χ0n) is 10.4. The van der Waals surface area contributed by atoms with E-state index in [4.69, 9.17) is 4.98 Å². The minimum atomic E-state index is 0.530. The van der Waals surface area contributed by atoms with Crippen molar-refractivity contribution in [2.45, 2.75) is 53.0 Å². The van der Waals surface area contributed by atoms with Gasteiger partial charge in [-0.25, -0.2) is 4.98 Å². The molecule has 0 saturated carbocycles. The average Bonchev–Trinajstić information content (AvgIpc) is 2.58. The molecule has 0 aliphatic carbocycles. The first kappa shape index (κ1) is 12.7. The highest BCUT2D eigenvalue weighted by Gasteiger charge is 2.15. The Labute approximate surface area is 97.1 Å². The summed E-state index contributed by atoms with van der Waals surface area (Å²) < 4.78 is 0. The number of aromatic nitrogens is 1. The highest BCUT2D eigenvalue weighted by atomic mass is 32.1. The molecule has 0 aromatic carbocycles. The van der Waals surface area contributed by atoms with Crippen molar-refractivity contribution in [3.8, 4) is 0 Å². The van der Waals surface area contributed by atoms with Crippen LogP contribution in [-0.2, 0) is 6.54 Å². The van der Waals surface area contributed by atoms with Gasteiger partial charge in [0.25, 0.3) is 0 Å². The summed E-state index contributed by atoms with van der Waals surface area (Å²) in [7, 11) is 0. The van der Waals surface area contributed by atoms with E-state index in [0.717, 1.165) is 13.1 Å². The fourth-order valence-electron chi connectivity index (χ4n) is 1.45. The van der Waals surface area contributed by atoms with Gasteiger partial charge in [0.2, 0.25) is 0 Å². The standard InChI is InChI=1S/C12H22N2S/c1-6-13-7-10-11(8(2)3)14-12(15-10)9(4)5/h8-9,13H,6-7H2,1-5H3. The number of hydrogen-bond acceptors (Lipinski definition) is 3. The molecule has 3 heteroatoms. The molecular weight excluding hydrogens is 204 g/mol. The largest absolute Gasteiger partial charge is 0.312 e. The van der Waals surface area contributed by atoms with Crippen LogP contribution in [0.2, 0.25) is 0 Å². The third kappa shape index (κ3) is 3.28. The molecule has 1 aromatic heterocycles. The van der Waals surface area contributed by atoms with Crippen LogP contribution in [-0.4, -0.2) is 11.5 Å². The SMILES string of the molecule is CCNCc1sc(C(C)C)nc1C(C)C. The lowest BCUT2D eigenvalue weighted by molar-refractivity contribution is 0.711. The van der Waals surface area contributed by atoms with Crippen LogP contribution < -0.4 is 5.32 Å². The fourth-order valence-corrected chi connectivity index (χ4v) is 2.64. The Hall–Kier alpha value is -0.410. The molecule has 1 heterocycles. The van der Waals surface area contributed by atoms with Crippen LogP contribution in [0.1, 0.15) is 62.0 Å². The van der Waals surface area contributed by atoms with Gasteiger partial charge in [-0.2, -0.15) is 0 Å². The van der Waals surface area contributed by atoms with Gasteiger partial charge in [-0.3, -0.25) is 0 Å². The predicted molar refractivity (Wildman–Crippen MR) is 67.7 cm³/mol. The second-order valence-electron chi connectivity index (χ2n) is 4.45. The molecule has 2 nitrogen and oxygen atoms in total. The van der Waals surface area contributed by atoms with Crippen LogP contribution in [0, 0.1) is 0 Å². The van der Waals surface area contributed by atoms with Crippen molar-refractivity contribution in [1.29, 1.82) is 0 Å². The van der Waals surface area contributed by atoms with Gasteiger partial charge in [-0.05, 0) is 12.5 Å². The molecular formula is C12H22N2S. The molecule has 0 unspecified atom stereocenters. The van der Waals surface area contributed by atoms with E-state index >= 15 is 0 Å².